The summed E-state index contributed by atoms with van der Waals surface area (Å²) >= 11 is 0. The van der Waals surface area contributed by atoms with Gasteiger partial charge in [-0.1, -0.05) is 146 Å². The lowest BCUT2D eigenvalue weighted by molar-refractivity contribution is 0.794. The van der Waals surface area contributed by atoms with Gasteiger partial charge in [0.05, 0.1) is 5.41 Å². The van der Waals surface area contributed by atoms with Crippen LogP contribution in [-0.4, -0.2) is 0 Å². The topological polar surface area (TPSA) is 0 Å². The van der Waals surface area contributed by atoms with E-state index in [-0.39, 0.29) is 5.41 Å². The minimum Gasteiger partial charge on any atom is -0.0906 e. The fourth-order valence-electron chi connectivity index (χ4n) is 7.06. The van der Waals surface area contributed by atoms with Crippen molar-refractivity contribution in [3.63, 3.8) is 0 Å². The van der Waals surface area contributed by atoms with E-state index in [1.165, 1.54) is 55.6 Å². The maximum atomic E-state index is 4.45. The Morgan fingerprint density at radius 1 is 0.410 bits per heavy atom. The molecular weight excluding hydrogens is 468 g/mol. The van der Waals surface area contributed by atoms with Crippen LogP contribution in [0.2, 0.25) is 0 Å². The van der Waals surface area contributed by atoms with Crippen molar-refractivity contribution in [1.82, 2.24) is 0 Å². The van der Waals surface area contributed by atoms with Gasteiger partial charge >= 0.3 is 0 Å². The minimum absolute atomic E-state index is 0.319. The monoisotopic (exact) mass is 494 g/mol. The van der Waals surface area contributed by atoms with Gasteiger partial charge in [0.1, 0.15) is 0 Å². The van der Waals surface area contributed by atoms with Crippen LogP contribution in [0.3, 0.4) is 0 Å². The van der Waals surface area contributed by atoms with Crippen LogP contribution in [0.25, 0.3) is 39.0 Å². The molecule has 0 atom stereocenters. The van der Waals surface area contributed by atoms with Crippen LogP contribution >= 0.6 is 0 Å². The zero-order valence-electron chi connectivity index (χ0n) is 21.6. The first-order valence-corrected chi connectivity index (χ1v) is 13.6. The molecule has 0 aromatic heterocycles. The average molecular weight is 495 g/mol. The molecule has 0 heterocycles. The van der Waals surface area contributed by atoms with Gasteiger partial charge in [-0.15, -0.1) is 0 Å². The lowest BCUT2D eigenvalue weighted by atomic mass is 9.70. The molecule has 0 amide bonds. The van der Waals surface area contributed by atoms with E-state index in [4.69, 9.17) is 0 Å². The summed E-state index contributed by atoms with van der Waals surface area (Å²) in [5.74, 6) is 0. The van der Waals surface area contributed by atoms with Gasteiger partial charge in [0.15, 0.2) is 0 Å². The molecule has 0 aliphatic heterocycles. The third kappa shape index (κ3) is 2.95. The van der Waals surface area contributed by atoms with E-state index < -0.39 is 0 Å². The number of fused-ring (bicyclic) bond motifs is 10. The van der Waals surface area contributed by atoms with Crippen molar-refractivity contribution in [2.75, 3.05) is 0 Å². The van der Waals surface area contributed by atoms with E-state index >= 15 is 0 Å². The Kier molecular flexibility index (Phi) is 4.69. The summed E-state index contributed by atoms with van der Waals surface area (Å²) in [6, 6.07) is 53.2. The standard InChI is InChI=1S/C39H26/c1-26(27-13-3-2-4-14-27)28-15-11-16-29(25-28)30-20-12-24-37-38(30)33-19-7-10-23-36(33)39(37)34-21-8-5-17-31(34)32-18-6-9-22-35(32)39/h2-25H,1H2. The van der Waals surface area contributed by atoms with Crippen molar-refractivity contribution < 1.29 is 0 Å². The Morgan fingerprint density at radius 3 is 1.59 bits per heavy atom. The third-order valence-corrected chi connectivity index (χ3v) is 8.67. The molecule has 6 aromatic carbocycles. The molecule has 0 heteroatoms. The first kappa shape index (κ1) is 22.1. The third-order valence-electron chi connectivity index (χ3n) is 8.67. The lowest BCUT2D eigenvalue weighted by Crippen LogP contribution is -2.25. The van der Waals surface area contributed by atoms with Gasteiger partial charge in [0, 0.05) is 0 Å². The van der Waals surface area contributed by atoms with Gasteiger partial charge in [-0.05, 0) is 78.4 Å². The molecular formula is C39H26. The molecule has 39 heavy (non-hydrogen) atoms. The van der Waals surface area contributed by atoms with E-state index in [0.29, 0.717) is 0 Å². The van der Waals surface area contributed by atoms with Crippen LogP contribution in [-0.2, 0) is 5.41 Å². The normalized spacial score (nSPS) is 13.4. The van der Waals surface area contributed by atoms with Gasteiger partial charge in [-0.2, -0.15) is 0 Å². The molecule has 0 bridgehead atoms. The quantitative estimate of drug-likeness (QED) is 0.229. The molecule has 1 spiro atoms. The molecule has 0 radical (unpaired) electrons. The summed E-state index contributed by atoms with van der Waals surface area (Å²) in [7, 11) is 0. The van der Waals surface area contributed by atoms with Gasteiger partial charge in [-0.25, -0.2) is 0 Å². The Balaban J connectivity index is 1.40. The Hall–Kier alpha value is -4.94. The van der Waals surface area contributed by atoms with Crippen LogP contribution < -0.4 is 0 Å². The first-order valence-electron chi connectivity index (χ1n) is 13.6. The second kappa shape index (κ2) is 8.28. The SMILES string of the molecule is C=C(c1ccccc1)c1cccc(-c2cccc3c2-c2ccccc2C32c3ccccc3-c3ccccc32)c1. The Morgan fingerprint density at radius 2 is 0.897 bits per heavy atom. The molecule has 0 fully saturated rings. The highest BCUT2D eigenvalue weighted by Crippen LogP contribution is 2.63. The predicted octanol–water partition coefficient (Wildman–Crippen LogP) is 9.76. The molecule has 0 nitrogen and oxygen atoms in total. The molecule has 2 aliphatic rings. The fourth-order valence-corrected chi connectivity index (χ4v) is 7.06. The largest absolute Gasteiger partial charge is 0.0906 e. The highest BCUT2D eigenvalue weighted by atomic mass is 14.5. The smallest absolute Gasteiger partial charge is 0.0725 e. The van der Waals surface area contributed by atoms with Crippen molar-refractivity contribution in [3.05, 3.63) is 186 Å². The second-order valence-electron chi connectivity index (χ2n) is 10.5. The predicted molar refractivity (Wildman–Crippen MR) is 163 cm³/mol. The van der Waals surface area contributed by atoms with Crippen LogP contribution in [0.4, 0.5) is 0 Å². The van der Waals surface area contributed by atoms with Gasteiger partial charge in [-0.3, -0.25) is 0 Å². The average Bonchev–Trinajstić information content (AvgIpc) is 3.49. The summed E-state index contributed by atoms with van der Waals surface area (Å²) in [5, 5.41) is 0. The van der Waals surface area contributed by atoms with Crippen LogP contribution in [0.5, 0.6) is 0 Å². The Labute approximate surface area is 229 Å². The first-order chi connectivity index (χ1) is 19.3. The van der Waals surface area contributed by atoms with Crippen LogP contribution in [0.1, 0.15) is 33.4 Å². The molecule has 6 aromatic rings. The highest BCUT2D eigenvalue weighted by molar-refractivity contribution is 6.00. The van der Waals surface area contributed by atoms with Crippen molar-refractivity contribution in [3.8, 4) is 33.4 Å². The van der Waals surface area contributed by atoms with E-state index in [0.717, 1.165) is 16.7 Å². The zero-order valence-corrected chi connectivity index (χ0v) is 21.6. The zero-order chi connectivity index (χ0) is 26.0. The second-order valence-corrected chi connectivity index (χ2v) is 10.5. The highest BCUT2D eigenvalue weighted by Gasteiger charge is 2.51. The lowest BCUT2D eigenvalue weighted by Gasteiger charge is -2.30. The van der Waals surface area contributed by atoms with Crippen LogP contribution in [0, 0.1) is 0 Å². The molecule has 0 N–H and O–H groups in total. The van der Waals surface area contributed by atoms with Gasteiger partial charge in [0.2, 0.25) is 0 Å². The molecule has 0 saturated heterocycles. The number of hydrogen-bond donors (Lipinski definition) is 0. The van der Waals surface area contributed by atoms with Crippen molar-refractivity contribution in [2.45, 2.75) is 5.41 Å². The van der Waals surface area contributed by atoms with E-state index in [1.54, 1.807) is 0 Å². The van der Waals surface area contributed by atoms with Crippen LogP contribution in [0.15, 0.2) is 152 Å². The maximum absolute atomic E-state index is 4.45. The summed E-state index contributed by atoms with van der Waals surface area (Å²) < 4.78 is 0. The summed E-state index contributed by atoms with van der Waals surface area (Å²) in [6.45, 7) is 4.45. The summed E-state index contributed by atoms with van der Waals surface area (Å²) in [6.07, 6.45) is 0. The van der Waals surface area contributed by atoms with Gasteiger partial charge < -0.3 is 0 Å². The molecule has 0 saturated carbocycles. The Bertz CT molecular complexity index is 1880. The number of benzene rings is 6. The van der Waals surface area contributed by atoms with E-state index in [1.807, 2.05) is 6.07 Å². The van der Waals surface area contributed by atoms with Crippen molar-refractivity contribution in [1.29, 1.82) is 0 Å². The van der Waals surface area contributed by atoms with E-state index in [9.17, 15) is 0 Å². The van der Waals surface area contributed by atoms with E-state index in [2.05, 4.69) is 146 Å². The summed E-state index contributed by atoms with van der Waals surface area (Å²) in [4.78, 5) is 0. The van der Waals surface area contributed by atoms with Gasteiger partial charge in [0.25, 0.3) is 0 Å². The van der Waals surface area contributed by atoms with Crippen molar-refractivity contribution in [2.24, 2.45) is 0 Å². The molecule has 2 aliphatic carbocycles. The fraction of sp³-hybridized carbons (Fsp3) is 0.0256. The summed E-state index contributed by atoms with van der Waals surface area (Å²) in [5.41, 5.74) is 16.3. The number of hydrogen-bond acceptors (Lipinski definition) is 0. The minimum atomic E-state index is -0.319. The molecule has 182 valence electrons. The number of rotatable bonds is 3. The molecule has 0 unspecified atom stereocenters. The maximum Gasteiger partial charge on any atom is 0.0725 e. The molecule has 8 rings (SSSR count). The van der Waals surface area contributed by atoms with Crippen molar-refractivity contribution >= 4 is 5.57 Å².